The molecule has 0 spiro atoms. The predicted octanol–water partition coefficient (Wildman–Crippen LogP) is 4.71. The second-order valence-electron chi connectivity index (χ2n) is 5.09. The molecule has 0 bridgehead atoms. The van der Waals surface area contributed by atoms with Gasteiger partial charge < -0.3 is 10.4 Å². The molecular formula is C15H21Cl2NO2S. The lowest BCUT2D eigenvalue weighted by atomic mass is 9.96. The molecule has 118 valence electrons. The van der Waals surface area contributed by atoms with Gasteiger partial charge in [-0.2, -0.15) is 0 Å². The molecule has 0 fully saturated rings. The summed E-state index contributed by atoms with van der Waals surface area (Å²) in [6, 6.07) is 5.36. The Balaban J connectivity index is 2.47. The average molecular weight is 350 g/mol. The van der Waals surface area contributed by atoms with Crippen LogP contribution in [0.15, 0.2) is 23.1 Å². The molecule has 3 nitrogen and oxygen atoms in total. The molecule has 1 aromatic carbocycles. The fraction of sp³-hybridized carbons (Fsp3) is 0.533. The van der Waals surface area contributed by atoms with E-state index in [1.54, 1.807) is 30.8 Å². The van der Waals surface area contributed by atoms with E-state index < -0.39 is 11.5 Å². The summed E-state index contributed by atoms with van der Waals surface area (Å²) in [5.41, 5.74) is -0.866. The second kappa shape index (κ2) is 8.89. The Morgan fingerprint density at radius 2 is 2.14 bits per heavy atom. The van der Waals surface area contributed by atoms with Crippen molar-refractivity contribution in [2.75, 3.05) is 12.3 Å². The minimum absolute atomic E-state index is 0.577. The van der Waals surface area contributed by atoms with Crippen LogP contribution >= 0.6 is 35.0 Å². The number of aliphatic carboxylic acids is 1. The van der Waals surface area contributed by atoms with Crippen LogP contribution in [0.2, 0.25) is 10.0 Å². The molecule has 0 aromatic heterocycles. The van der Waals surface area contributed by atoms with Crippen LogP contribution in [0.25, 0.3) is 0 Å². The van der Waals surface area contributed by atoms with E-state index in [1.807, 2.05) is 13.0 Å². The maximum absolute atomic E-state index is 11.4. The normalized spacial score (nSPS) is 13.9. The standard InChI is InChI=1S/C15H21Cl2NO2S/c1-3-8-18-15(2,14(19)20)7-4-9-21-13-10-11(16)5-6-12(13)17/h5-6,10,18H,3-4,7-9H2,1-2H3,(H,19,20). The van der Waals surface area contributed by atoms with Crippen molar-refractivity contribution in [3.05, 3.63) is 28.2 Å². The second-order valence-corrected chi connectivity index (χ2v) is 7.07. The van der Waals surface area contributed by atoms with Crippen LogP contribution in [0, 0.1) is 0 Å². The van der Waals surface area contributed by atoms with E-state index in [9.17, 15) is 9.90 Å². The van der Waals surface area contributed by atoms with Gasteiger partial charge in [-0.1, -0.05) is 30.1 Å². The molecule has 0 aliphatic rings. The van der Waals surface area contributed by atoms with E-state index in [4.69, 9.17) is 23.2 Å². The molecule has 1 rings (SSSR count). The Labute approximate surface area is 140 Å². The fourth-order valence-electron chi connectivity index (χ4n) is 1.87. The van der Waals surface area contributed by atoms with E-state index in [2.05, 4.69) is 5.32 Å². The van der Waals surface area contributed by atoms with Crippen molar-refractivity contribution < 1.29 is 9.90 Å². The van der Waals surface area contributed by atoms with Gasteiger partial charge in [-0.3, -0.25) is 4.79 Å². The SMILES string of the molecule is CCCNC(C)(CCCSc1cc(Cl)ccc1Cl)C(=O)O. The van der Waals surface area contributed by atoms with E-state index in [1.165, 1.54) is 0 Å². The van der Waals surface area contributed by atoms with E-state index in [0.29, 0.717) is 23.0 Å². The predicted molar refractivity (Wildman–Crippen MR) is 90.8 cm³/mol. The highest BCUT2D eigenvalue weighted by Gasteiger charge is 2.31. The number of carboxylic acids is 1. The van der Waals surface area contributed by atoms with Crippen LogP contribution < -0.4 is 5.32 Å². The van der Waals surface area contributed by atoms with E-state index in [0.717, 1.165) is 23.5 Å². The van der Waals surface area contributed by atoms with E-state index in [-0.39, 0.29) is 0 Å². The van der Waals surface area contributed by atoms with Crippen molar-refractivity contribution in [3.63, 3.8) is 0 Å². The lowest BCUT2D eigenvalue weighted by molar-refractivity contribution is -0.144. The molecule has 0 saturated carbocycles. The largest absolute Gasteiger partial charge is 0.480 e. The summed E-state index contributed by atoms with van der Waals surface area (Å²) in [5, 5.41) is 13.8. The number of carboxylic acid groups (broad SMARTS) is 1. The number of thioether (sulfide) groups is 1. The average Bonchev–Trinajstić information content (AvgIpc) is 2.44. The first kappa shape index (κ1) is 18.6. The Morgan fingerprint density at radius 3 is 2.76 bits per heavy atom. The number of carbonyl (C=O) groups is 1. The van der Waals surface area contributed by atoms with Gasteiger partial charge in [-0.25, -0.2) is 0 Å². The molecule has 1 aromatic rings. The quantitative estimate of drug-likeness (QED) is 0.500. The smallest absolute Gasteiger partial charge is 0.323 e. The monoisotopic (exact) mass is 349 g/mol. The van der Waals surface area contributed by atoms with E-state index >= 15 is 0 Å². The van der Waals surface area contributed by atoms with Crippen LogP contribution in [0.4, 0.5) is 0 Å². The first-order chi connectivity index (χ1) is 9.89. The van der Waals surface area contributed by atoms with Crippen LogP contribution in [0.3, 0.4) is 0 Å². The molecule has 0 heterocycles. The summed E-state index contributed by atoms with van der Waals surface area (Å²) >= 11 is 13.6. The minimum Gasteiger partial charge on any atom is -0.480 e. The minimum atomic E-state index is -0.866. The van der Waals surface area contributed by atoms with Crippen molar-refractivity contribution >= 4 is 40.9 Å². The van der Waals surface area contributed by atoms with Gasteiger partial charge in [0.1, 0.15) is 5.54 Å². The molecule has 6 heteroatoms. The first-order valence-corrected chi connectivity index (χ1v) is 8.69. The maximum Gasteiger partial charge on any atom is 0.323 e. The van der Waals surface area contributed by atoms with Gasteiger partial charge in [0.2, 0.25) is 0 Å². The molecule has 1 atom stereocenters. The lowest BCUT2D eigenvalue weighted by Crippen LogP contribution is -2.49. The Morgan fingerprint density at radius 1 is 1.43 bits per heavy atom. The third-order valence-corrected chi connectivity index (χ3v) is 5.03. The fourth-order valence-corrected chi connectivity index (χ4v) is 3.31. The zero-order valence-corrected chi connectivity index (χ0v) is 14.6. The molecule has 0 aliphatic heterocycles. The molecule has 0 saturated heterocycles. The first-order valence-electron chi connectivity index (χ1n) is 6.95. The third-order valence-electron chi connectivity index (χ3n) is 3.21. The van der Waals surface area contributed by atoms with Gasteiger partial charge in [0.25, 0.3) is 0 Å². The van der Waals surface area contributed by atoms with Gasteiger partial charge >= 0.3 is 5.97 Å². The van der Waals surface area contributed by atoms with Crippen molar-refractivity contribution in [2.45, 2.75) is 43.5 Å². The summed E-state index contributed by atoms with van der Waals surface area (Å²) in [4.78, 5) is 12.3. The lowest BCUT2D eigenvalue weighted by Gasteiger charge is -2.26. The number of benzene rings is 1. The highest BCUT2D eigenvalue weighted by molar-refractivity contribution is 7.99. The summed E-state index contributed by atoms with van der Waals surface area (Å²) in [7, 11) is 0. The summed E-state index contributed by atoms with van der Waals surface area (Å²) in [5.74, 6) is -0.00163. The molecule has 2 N–H and O–H groups in total. The maximum atomic E-state index is 11.4. The summed E-state index contributed by atoms with van der Waals surface area (Å²) in [6.45, 7) is 4.46. The zero-order valence-electron chi connectivity index (χ0n) is 12.3. The topological polar surface area (TPSA) is 49.3 Å². The van der Waals surface area contributed by atoms with Gasteiger partial charge in [-0.05, 0) is 56.7 Å². The number of hydrogen-bond donors (Lipinski definition) is 2. The van der Waals surface area contributed by atoms with Crippen molar-refractivity contribution in [2.24, 2.45) is 0 Å². The van der Waals surface area contributed by atoms with Crippen LogP contribution in [-0.2, 0) is 4.79 Å². The Bertz CT molecular complexity index is 485. The molecule has 0 amide bonds. The van der Waals surface area contributed by atoms with Crippen LogP contribution in [0.5, 0.6) is 0 Å². The van der Waals surface area contributed by atoms with Crippen LogP contribution in [-0.4, -0.2) is 28.9 Å². The van der Waals surface area contributed by atoms with Gasteiger partial charge in [0, 0.05) is 9.92 Å². The highest BCUT2D eigenvalue weighted by Crippen LogP contribution is 2.31. The van der Waals surface area contributed by atoms with Crippen LogP contribution in [0.1, 0.15) is 33.1 Å². The zero-order chi connectivity index (χ0) is 15.9. The Hall–Kier alpha value is -0.420. The van der Waals surface area contributed by atoms with Gasteiger partial charge in [0.15, 0.2) is 0 Å². The number of rotatable bonds is 9. The highest BCUT2D eigenvalue weighted by atomic mass is 35.5. The number of halogens is 2. The molecular weight excluding hydrogens is 329 g/mol. The summed E-state index contributed by atoms with van der Waals surface area (Å²) < 4.78 is 0. The van der Waals surface area contributed by atoms with Gasteiger partial charge in [-0.15, -0.1) is 11.8 Å². The third kappa shape index (κ3) is 6.07. The molecule has 0 aliphatic carbocycles. The Kier molecular flexibility index (Phi) is 7.88. The van der Waals surface area contributed by atoms with Crippen molar-refractivity contribution in [1.82, 2.24) is 5.32 Å². The molecule has 0 radical (unpaired) electrons. The number of hydrogen-bond acceptors (Lipinski definition) is 3. The molecule has 21 heavy (non-hydrogen) atoms. The summed E-state index contributed by atoms with van der Waals surface area (Å²) in [6.07, 6.45) is 2.27. The van der Waals surface area contributed by atoms with Crippen molar-refractivity contribution in [1.29, 1.82) is 0 Å². The molecule has 1 unspecified atom stereocenters. The van der Waals surface area contributed by atoms with Crippen molar-refractivity contribution in [3.8, 4) is 0 Å². The number of nitrogens with one attached hydrogen (secondary N) is 1. The van der Waals surface area contributed by atoms with Gasteiger partial charge in [0.05, 0.1) is 5.02 Å².